The first-order chi connectivity index (χ1) is 12.6. The number of benzene rings is 2. The maximum Gasteiger partial charge on any atom is 0.322 e. The van der Waals surface area contributed by atoms with E-state index < -0.39 is 0 Å². The number of anilines is 1. The molecule has 4 nitrogen and oxygen atoms in total. The SMILES string of the molecule is COc1ccc(C)cc1NC(=O)N1CCCCC[C@H]1c1cccc(C)c1. The Morgan fingerprint density at radius 3 is 2.65 bits per heavy atom. The van der Waals surface area contributed by atoms with Gasteiger partial charge in [-0.1, -0.05) is 48.7 Å². The van der Waals surface area contributed by atoms with Gasteiger partial charge in [-0.05, 0) is 49.9 Å². The van der Waals surface area contributed by atoms with Crippen molar-refractivity contribution in [3.05, 3.63) is 59.2 Å². The van der Waals surface area contributed by atoms with Gasteiger partial charge in [-0.2, -0.15) is 0 Å². The largest absolute Gasteiger partial charge is 0.495 e. The molecule has 0 radical (unpaired) electrons. The van der Waals surface area contributed by atoms with Crippen LogP contribution in [0.1, 0.15) is 48.4 Å². The van der Waals surface area contributed by atoms with Crippen LogP contribution >= 0.6 is 0 Å². The van der Waals surface area contributed by atoms with Crippen LogP contribution in [-0.4, -0.2) is 24.6 Å². The van der Waals surface area contributed by atoms with E-state index in [4.69, 9.17) is 4.74 Å². The second kappa shape index (κ2) is 8.26. The lowest BCUT2D eigenvalue weighted by molar-refractivity contribution is 0.189. The molecule has 0 unspecified atom stereocenters. The number of rotatable bonds is 3. The summed E-state index contributed by atoms with van der Waals surface area (Å²) < 4.78 is 5.41. The maximum absolute atomic E-state index is 13.1. The first-order valence-corrected chi connectivity index (χ1v) is 9.37. The van der Waals surface area contributed by atoms with Gasteiger partial charge in [0.1, 0.15) is 5.75 Å². The Morgan fingerprint density at radius 1 is 1.08 bits per heavy atom. The van der Waals surface area contributed by atoms with Crippen LogP contribution in [0.2, 0.25) is 0 Å². The zero-order chi connectivity index (χ0) is 18.5. The fourth-order valence-electron chi connectivity index (χ4n) is 3.68. The molecule has 2 amide bonds. The van der Waals surface area contributed by atoms with Gasteiger partial charge in [0.05, 0.1) is 18.8 Å². The fraction of sp³-hybridized carbons (Fsp3) is 0.409. The molecule has 1 heterocycles. The van der Waals surface area contributed by atoms with Crippen molar-refractivity contribution < 1.29 is 9.53 Å². The van der Waals surface area contributed by atoms with Gasteiger partial charge >= 0.3 is 6.03 Å². The molecule has 1 N–H and O–H groups in total. The Labute approximate surface area is 156 Å². The summed E-state index contributed by atoms with van der Waals surface area (Å²) in [7, 11) is 1.63. The van der Waals surface area contributed by atoms with E-state index in [1.807, 2.05) is 30.0 Å². The topological polar surface area (TPSA) is 41.6 Å². The maximum atomic E-state index is 13.1. The number of aryl methyl sites for hydroxylation is 2. The van der Waals surface area contributed by atoms with Gasteiger partial charge < -0.3 is 15.0 Å². The van der Waals surface area contributed by atoms with Gasteiger partial charge in [-0.15, -0.1) is 0 Å². The molecule has 0 bridgehead atoms. The average molecular weight is 352 g/mol. The molecule has 1 aliphatic rings. The molecule has 2 aromatic rings. The highest BCUT2D eigenvalue weighted by Crippen LogP contribution is 2.32. The summed E-state index contributed by atoms with van der Waals surface area (Å²) in [5, 5.41) is 3.08. The Hall–Kier alpha value is -2.49. The molecule has 1 saturated heterocycles. The second-order valence-corrected chi connectivity index (χ2v) is 7.11. The van der Waals surface area contributed by atoms with Crippen molar-refractivity contribution in [3.63, 3.8) is 0 Å². The van der Waals surface area contributed by atoms with Crippen LogP contribution in [0.15, 0.2) is 42.5 Å². The van der Waals surface area contributed by atoms with Gasteiger partial charge in [-0.25, -0.2) is 4.79 Å². The van der Waals surface area contributed by atoms with E-state index in [0.29, 0.717) is 5.75 Å². The molecule has 0 aliphatic carbocycles. The Bertz CT molecular complexity index is 772. The number of likely N-dealkylation sites (tertiary alicyclic amines) is 1. The first-order valence-electron chi connectivity index (χ1n) is 9.37. The number of hydrogen-bond acceptors (Lipinski definition) is 2. The number of nitrogens with one attached hydrogen (secondary N) is 1. The summed E-state index contributed by atoms with van der Waals surface area (Å²) in [6, 6.07) is 14.4. The Balaban J connectivity index is 1.86. The molecule has 0 spiro atoms. The summed E-state index contributed by atoms with van der Waals surface area (Å²) >= 11 is 0. The van der Waals surface area contributed by atoms with Gasteiger partial charge in [0.25, 0.3) is 0 Å². The Kier molecular flexibility index (Phi) is 5.82. The molecule has 4 heteroatoms. The monoisotopic (exact) mass is 352 g/mol. The fourth-order valence-corrected chi connectivity index (χ4v) is 3.68. The zero-order valence-corrected chi connectivity index (χ0v) is 15.9. The Morgan fingerprint density at radius 2 is 1.88 bits per heavy atom. The summed E-state index contributed by atoms with van der Waals surface area (Å²) in [6.45, 7) is 4.89. The summed E-state index contributed by atoms with van der Waals surface area (Å²) in [5.41, 5.74) is 4.27. The molecule has 2 aromatic carbocycles. The minimum absolute atomic E-state index is 0.0534. The van der Waals surface area contributed by atoms with E-state index in [2.05, 4.69) is 36.5 Å². The minimum Gasteiger partial charge on any atom is -0.495 e. The number of hydrogen-bond donors (Lipinski definition) is 1. The smallest absolute Gasteiger partial charge is 0.322 e. The van der Waals surface area contributed by atoms with Crippen molar-refractivity contribution in [3.8, 4) is 5.75 Å². The number of urea groups is 1. The van der Waals surface area contributed by atoms with Crippen LogP contribution < -0.4 is 10.1 Å². The average Bonchev–Trinajstić information content (AvgIpc) is 2.88. The number of carbonyl (C=O) groups excluding carboxylic acids is 1. The van der Waals surface area contributed by atoms with Crippen LogP contribution in [0.3, 0.4) is 0 Å². The standard InChI is InChI=1S/C22H28N2O2/c1-16-8-7-9-18(14-16)20-10-5-4-6-13-24(20)22(25)23-19-15-17(2)11-12-21(19)26-3/h7-9,11-12,14-15,20H,4-6,10,13H2,1-3H3,(H,23,25)/t20-/m0/s1. The lowest BCUT2D eigenvalue weighted by Crippen LogP contribution is -2.38. The second-order valence-electron chi connectivity index (χ2n) is 7.11. The van der Waals surface area contributed by atoms with Crippen molar-refractivity contribution in [2.24, 2.45) is 0 Å². The third kappa shape index (κ3) is 4.18. The lowest BCUT2D eigenvalue weighted by Gasteiger charge is -2.31. The molecule has 1 aliphatic heterocycles. The molecule has 138 valence electrons. The van der Waals surface area contributed by atoms with E-state index in [-0.39, 0.29) is 12.1 Å². The van der Waals surface area contributed by atoms with Crippen molar-refractivity contribution >= 4 is 11.7 Å². The molecule has 1 atom stereocenters. The van der Waals surface area contributed by atoms with E-state index in [9.17, 15) is 4.79 Å². The van der Waals surface area contributed by atoms with Gasteiger partial charge in [0, 0.05) is 6.54 Å². The molecule has 0 saturated carbocycles. The quantitative estimate of drug-likeness (QED) is 0.797. The normalized spacial score (nSPS) is 17.5. The molecule has 3 rings (SSSR count). The van der Waals surface area contributed by atoms with E-state index in [0.717, 1.165) is 37.1 Å². The van der Waals surface area contributed by atoms with Crippen LogP contribution in [0.5, 0.6) is 5.75 Å². The first kappa shape index (κ1) is 18.3. The van der Waals surface area contributed by atoms with Crippen molar-refractivity contribution in [2.75, 3.05) is 19.0 Å². The van der Waals surface area contributed by atoms with E-state index >= 15 is 0 Å². The van der Waals surface area contributed by atoms with Crippen LogP contribution in [0.25, 0.3) is 0 Å². The predicted octanol–water partition coefficient (Wildman–Crippen LogP) is 5.46. The highest BCUT2D eigenvalue weighted by molar-refractivity contribution is 5.91. The number of ether oxygens (including phenoxy) is 1. The van der Waals surface area contributed by atoms with Crippen molar-refractivity contribution in [2.45, 2.75) is 45.6 Å². The summed E-state index contributed by atoms with van der Waals surface area (Å²) in [5.74, 6) is 0.686. The number of amides is 2. The highest BCUT2D eigenvalue weighted by atomic mass is 16.5. The van der Waals surface area contributed by atoms with E-state index in [1.165, 1.54) is 17.5 Å². The lowest BCUT2D eigenvalue weighted by atomic mass is 9.99. The highest BCUT2D eigenvalue weighted by Gasteiger charge is 2.27. The number of methoxy groups -OCH3 is 1. The van der Waals surface area contributed by atoms with Crippen LogP contribution in [0.4, 0.5) is 10.5 Å². The molecular weight excluding hydrogens is 324 g/mol. The molecule has 26 heavy (non-hydrogen) atoms. The zero-order valence-electron chi connectivity index (χ0n) is 15.9. The number of carbonyl (C=O) groups is 1. The third-order valence-corrected chi connectivity index (χ3v) is 5.04. The summed E-state index contributed by atoms with van der Waals surface area (Å²) in [6.07, 6.45) is 4.36. The molecule has 0 aromatic heterocycles. The van der Waals surface area contributed by atoms with Gasteiger partial charge in [0.15, 0.2) is 0 Å². The third-order valence-electron chi connectivity index (χ3n) is 5.04. The van der Waals surface area contributed by atoms with Crippen molar-refractivity contribution in [1.82, 2.24) is 4.90 Å². The molecule has 1 fully saturated rings. The number of nitrogens with zero attached hydrogens (tertiary/aromatic N) is 1. The summed E-state index contributed by atoms with van der Waals surface area (Å²) in [4.78, 5) is 15.1. The predicted molar refractivity (Wildman–Crippen MR) is 106 cm³/mol. The van der Waals surface area contributed by atoms with E-state index in [1.54, 1.807) is 7.11 Å². The van der Waals surface area contributed by atoms with Gasteiger partial charge in [0.2, 0.25) is 0 Å². The van der Waals surface area contributed by atoms with Crippen LogP contribution in [-0.2, 0) is 0 Å². The minimum atomic E-state index is -0.0534. The van der Waals surface area contributed by atoms with Gasteiger partial charge in [-0.3, -0.25) is 0 Å². The molecular formula is C22H28N2O2. The van der Waals surface area contributed by atoms with Crippen molar-refractivity contribution in [1.29, 1.82) is 0 Å². The van der Waals surface area contributed by atoms with Crippen LogP contribution in [0, 0.1) is 13.8 Å².